The highest BCUT2D eigenvalue weighted by Gasteiger charge is 2.50. The van der Waals surface area contributed by atoms with E-state index in [1.165, 1.54) is 29.6 Å². The zero-order chi connectivity index (χ0) is 34.3. The van der Waals surface area contributed by atoms with Gasteiger partial charge in [-0.1, -0.05) is 23.7 Å². The van der Waals surface area contributed by atoms with E-state index in [1.54, 1.807) is 9.80 Å². The van der Waals surface area contributed by atoms with Crippen LogP contribution in [0.3, 0.4) is 0 Å². The van der Waals surface area contributed by atoms with Crippen molar-refractivity contribution in [3.8, 4) is 0 Å². The molecule has 3 saturated heterocycles. The molecule has 0 aliphatic carbocycles. The lowest BCUT2D eigenvalue weighted by Gasteiger charge is -2.36. The Morgan fingerprint density at radius 2 is 1.62 bits per heavy atom. The van der Waals surface area contributed by atoms with Gasteiger partial charge in [0.2, 0.25) is 11.8 Å². The van der Waals surface area contributed by atoms with Crippen molar-refractivity contribution in [2.75, 3.05) is 57.8 Å². The predicted octanol–water partition coefficient (Wildman–Crippen LogP) is 5.12. The molecule has 4 atom stereocenters. The highest BCUT2D eigenvalue weighted by molar-refractivity contribution is 6.30. The van der Waals surface area contributed by atoms with Crippen molar-refractivity contribution < 1.29 is 27.6 Å². The number of likely N-dealkylation sites (N-methyl/N-ethyl adjacent to an activating group) is 1. The number of likely N-dealkylation sites (tertiary alicyclic amines) is 2. The van der Waals surface area contributed by atoms with E-state index < -0.39 is 35.5 Å². The lowest BCUT2D eigenvalue weighted by atomic mass is 9.88. The molecule has 3 amide bonds. The Morgan fingerprint density at radius 3 is 2.25 bits per heavy atom. The Morgan fingerprint density at radius 1 is 0.917 bits per heavy atom. The van der Waals surface area contributed by atoms with Crippen molar-refractivity contribution in [1.29, 1.82) is 0 Å². The monoisotopic (exact) mass is 681 g/mol. The SMILES string of the molecule is CN1CCN(C(=O)[C@@H]2C[C@H](N(C(=O)c3ccoc3)c3ccc(F)cc3F)CN2C(=O)[C@H]2CN(C(C)(C)C)C[C@H]2c2ccc(Cl)cc2)CC1. The van der Waals surface area contributed by atoms with Crippen LogP contribution in [0.4, 0.5) is 14.5 Å². The summed E-state index contributed by atoms with van der Waals surface area (Å²) in [7, 11) is 2.00. The van der Waals surface area contributed by atoms with E-state index in [1.807, 2.05) is 31.3 Å². The molecule has 3 fully saturated rings. The van der Waals surface area contributed by atoms with E-state index in [0.717, 1.165) is 17.7 Å². The molecule has 3 aliphatic heterocycles. The predicted molar refractivity (Wildman–Crippen MR) is 179 cm³/mol. The number of hydrogen-bond acceptors (Lipinski definition) is 6. The van der Waals surface area contributed by atoms with Gasteiger partial charge in [-0.05, 0) is 70.1 Å². The van der Waals surface area contributed by atoms with Crippen molar-refractivity contribution in [1.82, 2.24) is 19.6 Å². The first kappa shape index (κ1) is 34.1. The summed E-state index contributed by atoms with van der Waals surface area (Å²) in [6, 6.07) is 10.4. The largest absolute Gasteiger partial charge is 0.472 e. The fourth-order valence-corrected chi connectivity index (χ4v) is 7.38. The van der Waals surface area contributed by atoms with E-state index in [4.69, 9.17) is 16.0 Å². The minimum absolute atomic E-state index is 0.00272. The van der Waals surface area contributed by atoms with Crippen LogP contribution in [-0.2, 0) is 9.59 Å². The molecule has 0 spiro atoms. The zero-order valence-corrected chi connectivity index (χ0v) is 28.5. The standard InChI is InChI=1S/C36H42ClF2N5O4/c1-36(2,3)42-20-28(23-5-7-25(37)8-6-23)29(21-42)34(46)43-19-27(18-32(43)35(47)41-14-12-40(4)13-15-41)44(33(45)24-11-16-48-22-24)31-10-9-26(38)17-30(31)39/h5-11,16-17,22,27-29,32H,12-15,18-21H2,1-4H3/t27-,28-,29-,32-/m0/s1. The Hall–Kier alpha value is -3.80. The van der Waals surface area contributed by atoms with Gasteiger partial charge < -0.3 is 24.0 Å². The molecule has 0 saturated carbocycles. The van der Waals surface area contributed by atoms with Gasteiger partial charge in [0.1, 0.15) is 23.9 Å². The van der Waals surface area contributed by atoms with Crippen LogP contribution >= 0.6 is 11.6 Å². The van der Waals surface area contributed by atoms with Crippen LogP contribution in [0.5, 0.6) is 0 Å². The minimum atomic E-state index is -0.919. The molecule has 0 radical (unpaired) electrons. The number of hydrogen-bond donors (Lipinski definition) is 0. The number of benzene rings is 2. The van der Waals surface area contributed by atoms with Gasteiger partial charge in [-0.2, -0.15) is 0 Å². The van der Waals surface area contributed by atoms with Gasteiger partial charge in [0.15, 0.2) is 0 Å². The number of furan rings is 1. The molecular formula is C36H42ClF2N5O4. The molecule has 6 rings (SSSR count). The van der Waals surface area contributed by atoms with Crippen molar-refractivity contribution in [2.24, 2.45) is 5.92 Å². The third-order valence-electron chi connectivity index (χ3n) is 10.1. The molecule has 3 aromatic rings. The number of piperazine rings is 1. The number of halogens is 3. The molecule has 1 aromatic heterocycles. The van der Waals surface area contributed by atoms with Gasteiger partial charge in [0.25, 0.3) is 5.91 Å². The maximum atomic E-state index is 15.4. The molecule has 256 valence electrons. The van der Waals surface area contributed by atoms with Gasteiger partial charge >= 0.3 is 0 Å². The second-order valence-corrected chi connectivity index (χ2v) is 14.6. The lowest BCUT2D eigenvalue weighted by Crippen LogP contribution is -2.54. The molecule has 12 heteroatoms. The molecule has 3 aliphatic rings. The zero-order valence-electron chi connectivity index (χ0n) is 27.7. The van der Waals surface area contributed by atoms with Crippen molar-refractivity contribution in [2.45, 2.75) is 50.7 Å². The molecule has 48 heavy (non-hydrogen) atoms. The summed E-state index contributed by atoms with van der Waals surface area (Å²) < 4.78 is 34.6. The minimum Gasteiger partial charge on any atom is -0.472 e. The summed E-state index contributed by atoms with van der Waals surface area (Å²) in [5.41, 5.74) is 0.805. The Kier molecular flexibility index (Phi) is 9.66. The Labute approximate surface area is 285 Å². The molecule has 0 bridgehead atoms. The average Bonchev–Trinajstić information content (AvgIpc) is 3.83. The first-order chi connectivity index (χ1) is 22.8. The lowest BCUT2D eigenvalue weighted by molar-refractivity contribution is -0.147. The van der Waals surface area contributed by atoms with E-state index in [2.05, 4.69) is 30.6 Å². The van der Waals surface area contributed by atoms with E-state index in [-0.39, 0.29) is 47.5 Å². The van der Waals surface area contributed by atoms with Crippen LogP contribution in [0.25, 0.3) is 0 Å². The molecule has 2 aromatic carbocycles. The first-order valence-electron chi connectivity index (χ1n) is 16.4. The topological polar surface area (TPSA) is 80.5 Å². The van der Waals surface area contributed by atoms with Crippen LogP contribution < -0.4 is 4.90 Å². The smallest absolute Gasteiger partial charge is 0.261 e. The fourth-order valence-electron chi connectivity index (χ4n) is 7.25. The highest BCUT2D eigenvalue weighted by atomic mass is 35.5. The van der Waals surface area contributed by atoms with Gasteiger partial charge in [-0.15, -0.1) is 0 Å². The average molecular weight is 682 g/mol. The summed E-state index contributed by atoms with van der Waals surface area (Å²) in [6.45, 7) is 9.88. The van der Waals surface area contributed by atoms with Crippen molar-refractivity contribution >= 4 is 35.0 Å². The summed E-state index contributed by atoms with van der Waals surface area (Å²) in [4.78, 5) is 52.2. The number of carbonyl (C=O) groups is 3. The van der Waals surface area contributed by atoms with Crippen LogP contribution in [-0.4, -0.2) is 108 Å². The molecule has 9 nitrogen and oxygen atoms in total. The summed E-state index contributed by atoms with van der Waals surface area (Å²) in [5, 5.41) is 0.600. The van der Waals surface area contributed by atoms with E-state index in [0.29, 0.717) is 44.3 Å². The summed E-state index contributed by atoms with van der Waals surface area (Å²) in [6.07, 6.45) is 2.70. The maximum absolute atomic E-state index is 15.4. The third kappa shape index (κ3) is 6.86. The Bertz CT molecular complexity index is 1640. The van der Waals surface area contributed by atoms with Gasteiger partial charge in [0, 0.05) is 68.4 Å². The van der Waals surface area contributed by atoms with Gasteiger partial charge in [-0.25, -0.2) is 8.78 Å². The summed E-state index contributed by atoms with van der Waals surface area (Å²) >= 11 is 6.22. The molecular weight excluding hydrogens is 640 g/mol. The van der Waals surface area contributed by atoms with Crippen molar-refractivity contribution in [3.05, 3.63) is 88.8 Å². The molecule has 4 heterocycles. The quantitative estimate of drug-likeness (QED) is 0.360. The number of carbonyl (C=O) groups excluding carboxylic acids is 3. The number of amides is 3. The maximum Gasteiger partial charge on any atom is 0.261 e. The normalized spacial score (nSPS) is 23.9. The number of anilines is 1. The van der Waals surface area contributed by atoms with E-state index >= 15 is 4.39 Å². The highest BCUT2D eigenvalue weighted by Crippen LogP contribution is 2.40. The molecule has 0 unspecified atom stereocenters. The molecule has 0 N–H and O–H groups in total. The van der Waals surface area contributed by atoms with Crippen LogP contribution in [0.1, 0.15) is 49.0 Å². The fraction of sp³-hybridized carbons (Fsp3) is 0.472. The third-order valence-corrected chi connectivity index (χ3v) is 10.3. The van der Waals surface area contributed by atoms with Crippen LogP contribution in [0, 0.1) is 17.6 Å². The van der Waals surface area contributed by atoms with Crippen LogP contribution in [0.2, 0.25) is 5.02 Å². The Balaban J connectivity index is 1.39. The van der Waals surface area contributed by atoms with Gasteiger partial charge in [-0.3, -0.25) is 19.3 Å². The van der Waals surface area contributed by atoms with Gasteiger partial charge in [0.05, 0.1) is 29.5 Å². The van der Waals surface area contributed by atoms with Crippen LogP contribution in [0.15, 0.2) is 65.5 Å². The second-order valence-electron chi connectivity index (χ2n) is 14.1. The summed E-state index contributed by atoms with van der Waals surface area (Å²) in [5.74, 6) is -3.29. The number of rotatable bonds is 6. The second kappa shape index (κ2) is 13.6. The number of nitrogens with zero attached hydrogens (tertiary/aromatic N) is 5. The van der Waals surface area contributed by atoms with E-state index in [9.17, 15) is 18.8 Å². The van der Waals surface area contributed by atoms with Crippen molar-refractivity contribution in [3.63, 3.8) is 0 Å². The first-order valence-corrected chi connectivity index (χ1v) is 16.8.